The number of fused-ring (bicyclic) bond motifs is 1. The predicted molar refractivity (Wildman–Crippen MR) is 99.3 cm³/mol. The van der Waals surface area contributed by atoms with Gasteiger partial charge in [-0.1, -0.05) is 12.1 Å². The number of hydrogen-bond acceptors (Lipinski definition) is 7. The highest BCUT2D eigenvalue weighted by atomic mass is 16.6. The lowest BCUT2D eigenvalue weighted by Gasteiger charge is -2.19. The third kappa shape index (κ3) is 4.02. The second kappa shape index (κ2) is 8.09. The van der Waals surface area contributed by atoms with Gasteiger partial charge in [0, 0.05) is 6.07 Å². The first-order valence-electron chi connectivity index (χ1n) is 8.17. The van der Waals surface area contributed by atoms with Gasteiger partial charge < -0.3 is 19.5 Å². The smallest absolute Gasteiger partial charge is 0.296 e. The number of nitro benzene ring substituents is 1. The maximum atomic E-state index is 12.5. The van der Waals surface area contributed by atoms with E-state index in [1.54, 1.807) is 30.3 Å². The lowest BCUT2D eigenvalue weighted by molar-refractivity contribution is -0.384. The molecule has 1 N–H and O–H groups in total. The number of hydrogen-bond donors (Lipinski definition) is 1. The summed E-state index contributed by atoms with van der Waals surface area (Å²) in [7, 11) is 1.53. The molecule has 0 atom stereocenters. The number of anilines is 1. The van der Waals surface area contributed by atoms with Crippen LogP contribution in [0.25, 0.3) is 6.08 Å². The summed E-state index contributed by atoms with van der Waals surface area (Å²) >= 11 is 0. The van der Waals surface area contributed by atoms with Gasteiger partial charge in [-0.05, 0) is 23.8 Å². The first-order valence-corrected chi connectivity index (χ1v) is 8.17. The van der Waals surface area contributed by atoms with Crippen molar-refractivity contribution in [3.63, 3.8) is 0 Å². The minimum absolute atomic E-state index is 0.0878. The van der Waals surface area contributed by atoms with Gasteiger partial charge in [-0.2, -0.15) is 5.26 Å². The number of nitrogens with zero attached hydrogens (tertiary/aromatic N) is 2. The maximum Gasteiger partial charge on any atom is 0.296 e. The number of benzene rings is 2. The summed E-state index contributed by atoms with van der Waals surface area (Å²) in [5, 5.41) is 23.1. The highest BCUT2D eigenvalue weighted by molar-refractivity contribution is 6.10. The lowest BCUT2D eigenvalue weighted by atomic mass is 10.1. The number of carbonyl (C=O) groups excluding carboxylic acids is 1. The van der Waals surface area contributed by atoms with Crippen molar-refractivity contribution in [2.45, 2.75) is 0 Å². The van der Waals surface area contributed by atoms with Crippen molar-refractivity contribution < 1.29 is 23.9 Å². The molecule has 9 nitrogen and oxygen atoms in total. The summed E-state index contributed by atoms with van der Waals surface area (Å²) < 4.78 is 15.8. The highest BCUT2D eigenvalue weighted by Gasteiger charge is 2.24. The van der Waals surface area contributed by atoms with E-state index in [9.17, 15) is 20.2 Å². The fourth-order valence-electron chi connectivity index (χ4n) is 2.53. The van der Waals surface area contributed by atoms with Crippen LogP contribution in [0.1, 0.15) is 5.56 Å². The molecule has 1 aliphatic heterocycles. The van der Waals surface area contributed by atoms with E-state index in [-0.39, 0.29) is 35.1 Å². The third-order valence-corrected chi connectivity index (χ3v) is 3.90. The highest BCUT2D eigenvalue weighted by Crippen LogP contribution is 2.39. The molecule has 3 rings (SSSR count). The number of nitro groups is 1. The number of amides is 1. The minimum Gasteiger partial charge on any atom is -0.497 e. The van der Waals surface area contributed by atoms with Gasteiger partial charge >= 0.3 is 0 Å². The SMILES string of the molecule is COc1ccc(C=C(C#N)C(=O)Nc2cc3c(cc2[N+](=O)[O-])OCCO3)cc1. The molecule has 142 valence electrons. The molecule has 9 heteroatoms. The third-order valence-electron chi connectivity index (χ3n) is 3.90. The van der Waals surface area contributed by atoms with Crippen LogP contribution < -0.4 is 19.5 Å². The number of nitrogens with one attached hydrogen (secondary N) is 1. The van der Waals surface area contributed by atoms with E-state index in [4.69, 9.17) is 14.2 Å². The van der Waals surface area contributed by atoms with Crippen LogP contribution in [0.15, 0.2) is 42.0 Å². The Hall–Kier alpha value is -4.06. The van der Waals surface area contributed by atoms with Crippen molar-refractivity contribution in [3.05, 3.63) is 57.6 Å². The van der Waals surface area contributed by atoms with Crippen molar-refractivity contribution >= 4 is 23.4 Å². The van der Waals surface area contributed by atoms with Crippen LogP contribution in [0, 0.1) is 21.4 Å². The summed E-state index contributed by atoms with van der Waals surface area (Å²) in [4.78, 5) is 23.2. The summed E-state index contributed by atoms with van der Waals surface area (Å²) in [5.74, 6) is 0.361. The van der Waals surface area contributed by atoms with Crippen molar-refractivity contribution in [3.8, 4) is 23.3 Å². The van der Waals surface area contributed by atoms with Gasteiger partial charge in [0.15, 0.2) is 11.5 Å². The largest absolute Gasteiger partial charge is 0.497 e. The molecule has 0 radical (unpaired) electrons. The number of methoxy groups -OCH3 is 1. The van der Waals surface area contributed by atoms with E-state index in [2.05, 4.69) is 5.32 Å². The Kier molecular flexibility index (Phi) is 5.41. The van der Waals surface area contributed by atoms with Gasteiger partial charge in [0.1, 0.15) is 36.3 Å². The molecule has 2 aromatic carbocycles. The lowest BCUT2D eigenvalue weighted by Crippen LogP contribution is -2.18. The van der Waals surface area contributed by atoms with Crippen molar-refractivity contribution in [1.29, 1.82) is 5.26 Å². The van der Waals surface area contributed by atoms with Gasteiger partial charge in [0.2, 0.25) is 0 Å². The van der Waals surface area contributed by atoms with E-state index in [0.29, 0.717) is 17.9 Å². The second-order valence-electron chi connectivity index (χ2n) is 5.67. The zero-order valence-corrected chi connectivity index (χ0v) is 14.8. The molecule has 1 amide bonds. The quantitative estimate of drug-likeness (QED) is 0.365. The van der Waals surface area contributed by atoms with Gasteiger partial charge in [0.05, 0.1) is 18.1 Å². The van der Waals surface area contributed by atoms with Crippen molar-refractivity contribution in [2.24, 2.45) is 0 Å². The molecule has 1 heterocycles. The van der Waals surface area contributed by atoms with Crippen LogP contribution in [0.2, 0.25) is 0 Å². The van der Waals surface area contributed by atoms with E-state index < -0.39 is 10.8 Å². The van der Waals surface area contributed by atoms with E-state index in [1.165, 1.54) is 25.3 Å². The van der Waals surface area contributed by atoms with E-state index in [1.807, 2.05) is 0 Å². The molecule has 0 bridgehead atoms. The Bertz CT molecular complexity index is 992. The van der Waals surface area contributed by atoms with E-state index in [0.717, 1.165) is 0 Å². The maximum absolute atomic E-state index is 12.5. The molecule has 0 unspecified atom stereocenters. The fraction of sp³-hybridized carbons (Fsp3) is 0.158. The molecule has 0 aromatic heterocycles. The van der Waals surface area contributed by atoms with Gasteiger partial charge in [-0.15, -0.1) is 0 Å². The Morgan fingerprint density at radius 1 is 1.25 bits per heavy atom. The van der Waals surface area contributed by atoms with Crippen molar-refractivity contribution in [1.82, 2.24) is 0 Å². The number of rotatable bonds is 5. The Morgan fingerprint density at radius 2 is 1.89 bits per heavy atom. The van der Waals surface area contributed by atoms with Gasteiger partial charge in [0.25, 0.3) is 11.6 Å². The molecular formula is C19H15N3O6. The molecule has 0 fully saturated rings. The monoisotopic (exact) mass is 381 g/mol. The van der Waals surface area contributed by atoms with Gasteiger partial charge in [-0.25, -0.2) is 0 Å². The number of carbonyl (C=O) groups is 1. The second-order valence-corrected chi connectivity index (χ2v) is 5.67. The number of nitriles is 1. The van der Waals surface area contributed by atoms with Gasteiger partial charge in [-0.3, -0.25) is 14.9 Å². The van der Waals surface area contributed by atoms with Crippen LogP contribution in [0.5, 0.6) is 17.2 Å². The Balaban J connectivity index is 1.89. The van der Waals surface area contributed by atoms with Crippen LogP contribution >= 0.6 is 0 Å². The van der Waals surface area contributed by atoms with Crippen LogP contribution in [0.3, 0.4) is 0 Å². The van der Waals surface area contributed by atoms with Crippen LogP contribution in [0.4, 0.5) is 11.4 Å². The summed E-state index contributed by atoms with van der Waals surface area (Å²) in [6.45, 7) is 0.568. The normalized spacial score (nSPS) is 12.6. The summed E-state index contributed by atoms with van der Waals surface area (Å²) in [6.07, 6.45) is 1.37. The van der Waals surface area contributed by atoms with E-state index >= 15 is 0 Å². The zero-order valence-electron chi connectivity index (χ0n) is 14.8. The molecule has 0 aliphatic carbocycles. The van der Waals surface area contributed by atoms with Crippen molar-refractivity contribution in [2.75, 3.05) is 25.6 Å². The minimum atomic E-state index is -0.780. The average molecular weight is 381 g/mol. The standard InChI is InChI=1S/C19H15N3O6/c1-26-14-4-2-12(3-5-14)8-13(11-20)19(23)21-15-9-17-18(28-7-6-27-17)10-16(15)22(24)25/h2-5,8-10H,6-7H2,1H3,(H,21,23). The molecule has 28 heavy (non-hydrogen) atoms. The average Bonchev–Trinajstić information content (AvgIpc) is 2.71. The molecule has 0 saturated carbocycles. The first kappa shape index (κ1) is 18.7. The number of ether oxygens (including phenoxy) is 3. The topological polar surface area (TPSA) is 124 Å². The molecule has 0 saturated heterocycles. The Morgan fingerprint density at radius 3 is 2.46 bits per heavy atom. The molecule has 1 aliphatic rings. The molecular weight excluding hydrogens is 366 g/mol. The molecule has 0 spiro atoms. The molecule has 2 aromatic rings. The predicted octanol–water partition coefficient (Wildman–Crippen LogP) is 2.92. The van der Waals surface area contributed by atoms with Crippen LogP contribution in [-0.2, 0) is 4.79 Å². The zero-order chi connectivity index (χ0) is 20.1. The Labute approximate surface area is 159 Å². The first-order chi connectivity index (χ1) is 13.5. The fourth-order valence-corrected chi connectivity index (χ4v) is 2.53. The summed E-state index contributed by atoms with van der Waals surface area (Å²) in [5.41, 5.74) is -0.0620. The van der Waals surface area contributed by atoms with Crippen LogP contribution in [-0.4, -0.2) is 31.2 Å². The summed E-state index contributed by atoms with van der Waals surface area (Å²) in [6, 6.07) is 11.0.